The maximum absolute atomic E-state index is 11.6. The van der Waals surface area contributed by atoms with Crippen LogP contribution in [-0.4, -0.2) is 38.5 Å². The molecule has 0 bridgehead atoms. The van der Waals surface area contributed by atoms with Gasteiger partial charge in [-0.2, -0.15) is 0 Å². The number of sulfonamides is 1. The van der Waals surface area contributed by atoms with Crippen LogP contribution in [0.3, 0.4) is 0 Å². The van der Waals surface area contributed by atoms with Crippen LogP contribution in [0.25, 0.3) is 0 Å². The molecule has 0 spiro atoms. The third-order valence-electron chi connectivity index (χ3n) is 2.09. The molecule has 5 nitrogen and oxygen atoms in total. The number of nitrogens with one attached hydrogen (secondary N) is 2. The second-order valence-corrected chi connectivity index (χ2v) is 5.97. The Morgan fingerprint density at radius 1 is 1.67 bits per heavy atom. The Bertz CT molecular complexity index is 331. The van der Waals surface area contributed by atoms with Crippen molar-refractivity contribution < 1.29 is 13.2 Å². The van der Waals surface area contributed by atoms with Gasteiger partial charge in [0.25, 0.3) is 0 Å². The molecule has 0 aliphatic carbocycles. The third-order valence-corrected chi connectivity index (χ3v) is 4.32. The number of carbonyl (C=O) groups is 1. The van der Waals surface area contributed by atoms with Crippen molar-refractivity contribution in [3.05, 3.63) is 0 Å². The minimum atomic E-state index is -3.33. The molecular formula is C8H15ClN2O3S. The van der Waals surface area contributed by atoms with Crippen LogP contribution in [0.15, 0.2) is 0 Å². The lowest BCUT2D eigenvalue weighted by Crippen LogP contribution is -2.39. The number of hydrogen-bond donors (Lipinski definition) is 2. The van der Waals surface area contributed by atoms with Crippen molar-refractivity contribution in [1.82, 2.24) is 10.0 Å². The number of rotatable bonds is 5. The fourth-order valence-electron chi connectivity index (χ4n) is 1.41. The fourth-order valence-corrected chi connectivity index (χ4v) is 3.29. The van der Waals surface area contributed by atoms with E-state index in [1.807, 2.05) is 0 Å². The van der Waals surface area contributed by atoms with Gasteiger partial charge >= 0.3 is 0 Å². The van der Waals surface area contributed by atoms with Crippen molar-refractivity contribution >= 4 is 27.5 Å². The highest BCUT2D eigenvalue weighted by molar-refractivity contribution is 7.89. The van der Waals surface area contributed by atoms with E-state index in [9.17, 15) is 13.2 Å². The molecular weight excluding hydrogens is 240 g/mol. The van der Waals surface area contributed by atoms with Crippen LogP contribution in [0.1, 0.15) is 13.3 Å². The molecule has 2 unspecified atom stereocenters. The highest BCUT2D eigenvalue weighted by Gasteiger charge is 2.26. The zero-order valence-electron chi connectivity index (χ0n) is 8.49. The molecule has 1 aliphatic heterocycles. The van der Waals surface area contributed by atoms with Crippen molar-refractivity contribution in [3.8, 4) is 0 Å². The summed E-state index contributed by atoms with van der Waals surface area (Å²) in [6.07, 6.45) is 0.217. The molecule has 0 radical (unpaired) electrons. The quantitative estimate of drug-likeness (QED) is 0.660. The Morgan fingerprint density at radius 3 is 2.80 bits per heavy atom. The Labute approximate surface area is 94.6 Å². The molecule has 1 aliphatic rings. The van der Waals surface area contributed by atoms with E-state index < -0.39 is 10.0 Å². The van der Waals surface area contributed by atoms with Gasteiger partial charge in [-0.15, -0.1) is 11.6 Å². The van der Waals surface area contributed by atoms with Gasteiger partial charge in [0.1, 0.15) is 0 Å². The van der Waals surface area contributed by atoms with Gasteiger partial charge in [-0.25, -0.2) is 13.1 Å². The lowest BCUT2D eigenvalue weighted by Gasteiger charge is -2.13. The summed E-state index contributed by atoms with van der Waals surface area (Å²) in [5.41, 5.74) is 0. The summed E-state index contributed by atoms with van der Waals surface area (Å²) in [7, 11) is -3.33. The van der Waals surface area contributed by atoms with E-state index in [4.69, 9.17) is 11.6 Å². The lowest BCUT2D eigenvalue weighted by atomic mass is 10.3. The molecule has 88 valence electrons. The first kappa shape index (κ1) is 12.7. The maximum Gasteiger partial charge on any atom is 0.221 e. The average Bonchev–Trinajstić information content (AvgIpc) is 2.49. The van der Waals surface area contributed by atoms with Gasteiger partial charge in [0.15, 0.2) is 0 Å². The van der Waals surface area contributed by atoms with Crippen molar-refractivity contribution in [2.24, 2.45) is 5.92 Å². The second-order valence-electron chi connectivity index (χ2n) is 3.86. The molecule has 0 aromatic rings. The third kappa shape index (κ3) is 4.36. The molecule has 0 aromatic carbocycles. The van der Waals surface area contributed by atoms with E-state index in [0.29, 0.717) is 12.4 Å². The van der Waals surface area contributed by atoms with Gasteiger partial charge in [0.05, 0.1) is 5.75 Å². The van der Waals surface area contributed by atoms with E-state index in [-0.39, 0.29) is 30.0 Å². The molecule has 0 saturated carbocycles. The number of carbonyl (C=O) groups excluding carboxylic acids is 1. The molecule has 2 N–H and O–H groups in total. The first-order chi connectivity index (χ1) is 6.93. The predicted octanol–water partition coefficient (Wildman–Crippen LogP) is -0.331. The molecule has 1 rings (SSSR count). The Balaban J connectivity index is 2.46. The molecule has 0 aromatic heterocycles. The normalized spacial score (nSPS) is 23.9. The first-order valence-electron chi connectivity index (χ1n) is 4.75. The van der Waals surface area contributed by atoms with Gasteiger partial charge in [0, 0.05) is 24.9 Å². The van der Waals surface area contributed by atoms with Crippen LogP contribution >= 0.6 is 11.6 Å². The predicted molar refractivity (Wildman–Crippen MR) is 58.2 cm³/mol. The minimum absolute atomic E-state index is 0.00118. The largest absolute Gasteiger partial charge is 0.354 e. The van der Waals surface area contributed by atoms with Gasteiger partial charge in [-0.1, -0.05) is 6.92 Å². The number of halogens is 1. The molecule has 1 heterocycles. The first-order valence-corrected chi connectivity index (χ1v) is 6.94. The SMILES string of the molecule is CC(CCl)CS(=O)(=O)NC1CNC(=O)C1. The van der Waals surface area contributed by atoms with Crippen LogP contribution in [0.2, 0.25) is 0 Å². The molecule has 7 heteroatoms. The topological polar surface area (TPSA) is 75.3 Å². The summed E-state index contributed by atoms with van der Waals surface area (Å²) in [5, 5.41) is 2.57. The lowest BCUT2D eigenvalue weighted by molar-refractivity contribution is -0.119. The van der Waals surface area contributed by atoms with E-state index in [0.717, 1.165) is 0 Å². The van der Waals surface area contributed by atoms with E-state index in [1.54, 1.807) is 6.92 Å². The van der Waals surface area contributed by atoms with E-state index in [1.165, 1.54) is 0 Å². The van der Waals surface area contributed by atoms with Crippen molar-refractivity contribution in [3.63, 3.8) is 0 Å². The zero-order chi connectivity index (χ0) is 11.5. The molecule has 1 fully saturated rings. The number of alkyl halides is 1. The van der Waals surface area contributed by atoms with E-state index >= 15 is 0 Å². The second kappa shape index (κ2) is 5.14. The van der Waals surface area contributed by atoms with Crippen molar-refractivity contribution in [1.29, 1.82) is 0 Å². The Morgan fingerprint density at radius 2 is 2.33 bits per heavy atom. The van der Waals surface area contributed by atoms with Crippen molar-refractivity contribution in [2.75, 3.05) is 18.2 Å². The standard InChI is InChI=1S/C8H15ClN2O3S/c1-6(3-9)5-15(13,14)11-7-2-8(12)10-4-7/h6-7,11H,2-5H2,1H3,(H,10,12). The van der Waals surface area contributed by atoms with Crippen molar-refractivity contribution in [2.45, 2.75) is 19.4 Å². The Hall–Kier alpha value is -0.330. The molecule has 2 atom stereocenters. The van der Waals surface area contributed by atoms with Crippen LogP contribution in [-0.2, 0) is 14.8 Å². The van der Waals surface area contributed by atoms with Crippen LogP contribution in [0.4, 0.5) is 0 Å². The summed E-state index contributed by atoms with van der Waals surface area (Å²) < 4.78 is 25.6. The number of hydrogen-bond acceptors (Lipinski definition) is 3. The minimum Gasteiger partial charge on any atom is -0.354 e. The van der Waals surface area contributed by atoms with Gasteiger partial charge in [0.2, 0.25) is 15.9 Å². The fraction of sp³-hybridized carbons (Fsp3) is 0.875. The number of amides is 1. The summed E-state index contributed by atoms with van der Waals surface area (Å²) in [5.74, 6) is 0.103. The summed E-state index contributed by atoms with van der Waals surface area (Å²) in [6.45, 7) is 2.14. The highest BCUT2D eigenvalue weighted by Crippen LogP contribution is 2.06. The maximum atomic E-state index is 11.6. The monoisotopic (exact) mass is 254 g/mol. The van der Waals surface area contributed by atoms with Crippen LogP contribution in [0, 0.1) is 5.92 Å². The molecule has 1 saturated heterocycles. The summed E-state index contributed by atoms with van der Waals surface area (Å²) >= 11 is 5.54. The summed E-state index contributed by atoms with van der Waals surface area (Å²) in [4.78, 5) is 10.9. The highest BCUT2D eigenvalue weighted by atomic mass is 35.5. The van der Waals surface area contributed by atoms with Gasteiger partial charge in [-0.3, -0.25) is 4.79 Å². The Kier molecular flexibility index (Phi) is 4.36. The van der Waals surface area contributed by atoms with Gasteiger partial charge in [-0.05, 0) is 5.92 Å². The smallest absolute Gasteiger partial charge is 0.221 e. The van der Waals surface area contributed by atoms with E-state index in [2.05, 4.69) is 10.0 Å². The molecule has 15 heavy (non-hydrogen) atoms. The summed E-state index contributed by atoms with van der Waals surface area (Å²) in [6, 6.07) is -0.315. The zero-order valence-corrected chi connectivity index (χ0v) is 10.1. The van der Waals surface area contributed by atoms with Gasteiger partial charge < -0.3 is 5.32 Å². The van der Waals surface area contributed by atoms with Crippen LogP contribution < -0.4 is 10.0 Å². The molecule has 1 amide bonds. The average molecular weight is 255 g/mol. The van der Waals surface area contributed by atoms with Crippen LogP contribution in [0.5, 0.6) is 0 Å².